The number of methoxy groups -OCH3 is 2. The number of carbonyl (C=O) groups is 1. The maximum Gasteiger partial charge on any atom is 0.330 e. The second-order valence-corrected chi connectivity index (χ2v) is 4.76. The maximum atomic E-state index is 12.0. The highest BCUT2D eigenvalue weighted by molar-refractivity contribution is 5.82. The summed E-state index contributed by atoms with van der Waals surface area (Å²) < 4.78 is 10.0. The summed E-state index contributed by atoms with van der Waals surface area (Å²) in [4.78, 5) is 12.0. The molecule has 0 amide bonds. The Kier molecular flexibility index (Phi) is 3.57. The first-order chi connectivity index (χ1) is 8.60. The third kappa shape index (κ3) is 2.48. The van der Waals surface area contributed by atoms with Crippen molar-refractivity contribution in [3.8, 4) is 5.75 Å². The summed E-state index contributed by atoms with van der Waals surface area (Å²) in [5.74, 6) is 0.511. The number of benzene rings is 1. The third-order valence-corrected chi connectivity index (χ3v) is 3.33. The fraction of sp³-hybridized carbons (Fsp3) is 0.500. The predicted molar refractivity (Wildman–Crippen MR) is 68.5 cm³/mol. The van der Waals surface area contributed by atoms with Crippen molar-refractivity contribution >= 4 is 5.97 Å². The highest BCUT2D eigenvalue weighted by Crippen LogP contribution is 2.30. The van der Waals surface area contributed by atoms with Crippen LogP contribution >= 0.6 is 0 Å². The van der Waals surface area contributed by atoms with Crippen LogP contribution in [0.15, 0.2) is 24.3 Å². The van der Waals surface area contributed by atoms with E-state index in [0.717, 1.165) is 24.2 Å². The quantitative estimate of drug-likeness (QED) is 0.809. The van der Waals surface area contributed by atoms with Crippen LogP contribution < -0.4 is 10.1 Å². The molecular weight excluding hydrogens is 230 g/mol. The van der Waals surface area contributed by atoms with Crippen molar-refractivity contribution < 1.29 is 14.3 Å². The first-order valence-corrected chi connectivity index (χ1v) is 6.11. The molecule has 0 aromatic heterocycles. The van der Waals surface area contributed by atoms with Gasteiger partial charge in [0.15, 0.2) is 0 Å². The van der Waals surface area contributed by atoms with E-state index in [1.165, 1.54) is 7.11 Å². The summed E-state index contributed by atoms with van der Waals surface area (Å²) in [6.07, 6.45) is 2.23. The number of esters is 1. The molecule has 4 nitrogen and oxygen atoms in total. The number of hydrogen-bond donors (Lipinski definition) is 1. The first-order valence-electron chi connectivity index (χ1n) is 6.11. The Morgan fingerprint density at radius 3 is 2.33 bits per heavy atom. The van der Waals surface area contributed by atoms with Crippen molar-refractivity contribution in [1.82, 2.24) is 5.32 Å². The summed E-state index contributed by atoms with van der Waals surface area (Å²) in [5, 5.41) is 3.36. The minimum Gasteiger partial charge on any atom is -0.497 e. The molecule has 0 saturated heterocycles. The standard InChI is InChI=1S/C14H19NO3/c1-14(13(16)18-3,15-11-6-7-11)10-4-8-12(17-2)9-5-10/h4-5,8-9,11,15H,6-7H2,1-3H3. The topological polar surface area (TPSA) is 47.6 Å². The van der Waals surface area contributed by atoms with Gasteiger partial charge in [-0.2, -0.15) is 0 Å². The molecular formula is C14H19NO3. The van der Waals surface area contributed by atoms with Crippen LogP contribution in [-0.2, 0) is 15.1 Å². The zero-order valence-electron chi connectivity index (χ0n) is 11.0. The molecule has 18 heavy (non-hydrogen) atoms. The van der Waals surface area contributed by atoms with Crippen LogP contribution in [0.5, 0.6) is 5.75 Å². The van der Waals surface area contributed by atoms with E-state index in [1.807, 2.05) is 31.2 Å². The Labute approximate surface area is 107 Å². The van der Waals surface area contributed by atoms with Gasteiger partial charge in [-0.05, 0) is 37.5 Å². The number of rotatable bonds is 5. The molecule has 1 fully saturated rings. The Hall–Kier alpha value is -1.55. The molecule has 0 spiro atoms. The van der Waals surface area contributed by atoms with Gasteiger partial charge < -0.3 is 9.47 Å². The van der Waals surface area contributed by atoms with Gasteiger partial charge in [-0.1, -0.05) is 12.1 Å². The van der Waals surface area contributed by atoms with Gasteiger partial charge in [0.05, 0.1) is 14.2 Å². The van der Waals surface area contributed by atoms with Crippen LogP contribution in [0.1, 0.15) is 25.3 Å². The molecule has 0 aliphatic heterocycles. The Balaban J connectivity index is 2.28. The van der Waals surface area contributed by atoms with Gasteiger partial charge in [-0.25, -0.2) is 4.79 Å². The zero-order valence-corrected chi connectivity index (χ0v) is 11.0. The second-order valence-electron chi connectivity index (χ2n) is 4.76. The monoisotopic (exact) mass is 249 g/mol. The van der Waals surface area contributed by atoms with E-state index in [1.54, 1.807) is 7.11 Å². The number of nitrogens with one attached hydrogen (secondary N) is 1. The lowest BCUT2D eigenvalue weighted by molar-refractivity contribution is -0.148. The van der Waals surface area contributed by atoms with E-state index in [-0.39, 0.29) is 5.97 Å². The molecule has 1 atom stereocenters. The van der Waals surface area contributed by atoms with E-state index in [4.69, 9.17) is 9.47 Å². The normalized spacial score (nSPS) is 17.9. The number of hydrogen-bond acceptors (Lipinski definition) is 4. The number of carbonyl (C=O) groups excluding carboxylic acids is 1. The smallest absolute Gasteiger partial charge is 0.330 e. The highest BCUT2D eigenvalue weighted by Gasteiger charge is 2.40. The van der Waals surface area contributed by atoms with E-state index in [2.05, 4.69) is 5.32 Å². The van der Waals surface area contributed by atoms with Crippen molar-refractivity contribution in [2.24, 2.45) is 0 Å². The molecule has 0 bridgehead atoms. The van der Waals surface area contributed by atoms with Crippen molar-refractivity contribution in [1.29, 1.82) is 0 Å². The Bertz CT molecular complexity index is 425. The molecule has 1 aliphatic carbocycles. The SMILES string of the molecule is COC(=O)C(C)(NC1CC1)c1ccc(OC)cc1. The molecule has 1 aromatic rings. The molecule has 1 saturated carbocycles. The van der Waals surface area contributed by atoms with Gasteiger partial charge in [-0.15, -0.1) is 0 Å². The molecule has 1 aliphatic rings. The zero-order chi connectivity index (χ0) is 13.2. The molecule has 2 rings (SSSR count). The number of ether oxygens (including phenoxy) is 2. The summed E-state index contributed by atoms with van der Waals surface area (Å²) in [6, 6.07) is 7.91. The fourth-order valence-corrected chi connectivity index (χ4v) is 2.02. The predicted octanol–water partition coefficient (Wildman–Crippen LogP) is 1.84. The third-order valence-electron chi connectivity index (χ3n) is 3.33. The molecule has 1 unspecified atom stereocenters. The van der Waals surface area contributed by atoms with Crippen LogP contribution in [0, 0.1) is 0 Å². The summed E-state index contributed by atoms with van der Waals surface area (Å²) in [7, 11) is 3.04. The molecule has 1 aromatic carbocycles. The van der Waals surface area contributed by atoms with Gasteiger partial charge >= 0.3 is 5.97 Å². The molecule has 98 valence electrons. The lowest BCUT2D eigenvalue weighted by Gasteiger charge is -2.28. The van der Waals surface area contributed by atoms with Crippen LogP contribution in [-0.4, -0.2) is 26.2 Å². The van der Waals surface area contributed by atoms with Gasteiger partial charge in [0.25, 0.3) is 0 Å². The van der Waals surface area contributed by atoms with Crippen molar-refractivity contribution in [2.75, 3.05) is 14.2 Å². The van der Waals surface area contributed by atoms with E-state index in [0.29, 0.717) is 6.04 Å². The summed E-state index contributed by atoms with van der Waals surface area (Å²) in [6.45, 7) is 1.86. The van der Waals surface area contributed by atoms with E-state index in [9.17, 15) is 4.79 Å². The van der Waals surface area contributed by atoms with Crippen molar-refractivity contribution in [3.63, 3.8) is 0 Å². The molecule has 4 heteroatoms. The van der Waals surface area contributed by atoms with E-state index < -0.39 is 5.54 Å². The lowest BCUT2D eigenvalue weighted by atomic mass is 9.91. The van der Waals surface area contributed by atoms with Gasteiger partial charge in [-0.3, -0.25) is 5.32 Å². The van der Waals surface area contributed by atoms with Crippen LogP contribution in [0.25, 0.3) is 0 Å². The average Bonchev–Trinajstić information content (AvgIpc) is 3.21. The van der Waals surface area contributed by atoms with Gasteiger partial charge in [0, 0.05) is 6.04 Å². The van der Waals surface area contributed by atoms with Crippen LogP contribution in [0.4, 0.5) is 0 Å². The Morgan fingerprint density at radius 2 is 1.89 bits per heavy atom. The minimum atomic E-state index is -0.789. The van der Waals surface area contributed by atoms with Gasteiger partial charge in [0.2, 0.25) is 0 Å². The second kappa shape index (κ2) is 4.98. The van der Waals surface area contributed by atoms with Gasteiger partial charge in [0.1, 0.15) is 11.3 Å². The fourth-order valence-electron chi connectivity index (χ4n) is 2.02. The Morgan fingerprint density at radius 1 is 1.28 bits per heavy atom. The molecule has 0 heterocycles. The van der Waals surface area contributed by atoms with Crippen molar-refractivity contribution in [2.45, 2.75) is 31.3 Å². The summed E-state index contributed by atoms with van der Waals surface area (Å²) >= 11 is 0. The highest BCUT2D eigenvalue weighted by atomic mass is 16.5. The van der Waals surface area contributed by atoms with Crippen LogP contribution in [0.3, 0.4) is 0 Å². The van der Waals surface area contributed by atoms with Crippen molar-refractivity contribution in [3.05, 3.63) is 29.8 Å². The minimum absolute atomic E-state index is 0.264. The summed E-state index contributed by atoms with van der Waals surface area (Å²) in [5.41, 5.74) is 0.101. The van der Waals surface area contributed by atoms with E-state index >= 15 is 0 Å². The first kappa shape index (κ1) is 12.9. The lowest BCUT2D eigenvalue weighted by Crippen LogP contribution is -2.48. The molecule has 1 N–H and O–H groups in total. The largest absolute Gasteiger partial charge is 0.497 e. The average molecular weight is 249 g/mol. The maximum absolute atomic E-state index is 12.0. The molecule has 0 radical (unpaired) electrons. The van der Waals surface area contributed by atoms with Crippen LogP contribution in [0.2, 0.25) is 0 Å².